The summed E-state index contributed by atoms with van der Waals surface area (Å²) in [7, 11) is 1.59. The minimum absolute atomic E-state index is 0.101. The number of benzene rings is 1. The molecule has 104 valence electrons. The summed E-state index contributed by atoms with van der Waals surface area (Å²) in [6, 6.07) is 6.07. The molecule has 0 atom stereocenters. The predicted octanol–water partition coefficient (Wildman–Crippen LogP) is 1.45. The number of nitrogens with one attached hydrogen (secondary N) is 1. The van der Waals surface area contributed by atoms with E-state index < -0.39 is 5.97 Å². The van der Waals surface area contributed by atoms with E-state index in [0.717, 1.165) is 0 Å². The van der Waals surface area contributed by atoms with Gasteiger partial charge in [-0.1, -0.05) is 12.1 Å². The SMILES string of the molecule is CC(=O)Nc1c(O)cccc1-c1cc(C(=O)O)nn1C. The Balaban J connectivity index is 2.60. The van der Waals surface area contributed by atoms with Crippen molar-refractivity contribution in [1.82, 2.24) is 9.78 Å². The summed E-state index contributed by atoms with van der Waals surface area (Å²) in [5.74, 6) is -1.59. The summed E-state index contributed by atoms with van der Waals surface area (Å²) in [5, 5.41) is 25.2. The molecule has 7 nitrogen and oxygen atoms in total. The maximum absolute atomic E-state index is 11.2. The van der Waals surface area contributed by atoms with E-state index in [4.69, 9.17) is 5.11 Å². The lowest BCUT2D eigenvalue weighted by atomic mass is 10.1. The Labute approximate surface area is 114 Å². The Morgan fingerprint density at radius 1 is 1.35 bits per heavy atom. The minimum Gasteiger partial charge on any atom is -0.506 e. The van der Waals surface area contributed by atoms with E-state index in [9.17, 15) is 14.7 Å². The van der Waals surface area contributed by atoms with Gasteiger partial charge in [0, 0.05) is 19.5 Å². The number of para-hydroxylation sites is 1. The van der Waals surface area contributed by atoms with Crippen LogP contribution in [0.4, 0.5) is 5.69 Å². The Kier molecular flexibility index (Phi) is 3.43. The fraction of sp³-hybridized carbons (Fsp3) is 0.154. The summed E-state index contributed by atoms with van der Waals surface area (Å²) in [5.41, 5.74) is 1.07. The van der Waals surface area contributed by atoms with Gasteiger partial charge in [-0.3, -0.25) is 9.48 Å². The van der Waals surface area contributed by atoms with Gasteiger partial charge in [0.2, 0.25) is 5.91 Å². The third-order valence-electron chi connectivity index (χ3n) is 2.72. The third-order valence-corrected chi connectivity index (χ3v) is 2.72. The van der Waals surface area contributed by atoms with Crippen LogP contribution in [0.25, 0.3) is 11.3 Å². The molecule has 20 heavy (non-hydrogen) atoms. The van der Waals surface area contributed by atoms with Crippen molar-refractivity contribution >= 4 is 17.6 Å². The number of carboxylic acids is 1. The van der Waals surface area contributed by atoms with E-state index in [1.165, 1.54) is 23.7 Å². The molecule has 0 saturated heterocycles. The number of carboxylic acid groups (broad SMARTS) is 1. The largest absolute Gasteiger partial charge is 0.506 e. The van der Waals surface area contributed by atoms with Gasteiger partial charge in [-0.15, -0.1) is 0 Å². The van der Waals surface area contributed by atoms with Gasteiger partial charge < -0.3 is 15.5 Å². The zero-order valence-corrected chi connectivity index (χ0v) is 10.9. The number of phenolic OH excluding ortho intramolecular Hbond substituents is 1. The molecule has 1 heterocycles. The third kappa shape index (κ3) is 2.46. The van der Waals surface area contributed by atoms with E-state index >= 15 is 0 Å². The van der Waals surface area contributed by atoms with E-state index in [1.54, 1.807) is 19.2 Å². The van der Waals surface area contributed by atoms with Crippen molar-refractivity contribution in [2.45, 2.75) is 6.92 Å². The van der Waals surface area contributed by atoms with Crippen LogP contribution < -0.4 is 5.32 Å². The van der Waals surface area contributed by atoms with Crippen molar-refractivity contribution in [2.24, 2.45) is 7.05 Å². The zero-order valence-electron chi connectivity index (χ0n) is 10.9. The Morgan fingerprint density at radius 2 is 2.05 bits per heavy atom. The summed E-state index contributed by atoms with van der Waals surface area (Å²) < 4.78 is 1.38. The van der Waals surface area contributed by atoms with Crippen LogP contribution in [-0.4, -0.2) is 31.9 Å². The van der Waals surface area contributed by atoms with Gasteiger partial charge in [-0.2, -0.15) is 5.10 Å². The molecule has 0 radical (unpaired) electrons. The Hall–Kier alpha value is -2.83. The maximum Gasteiger partial charge on any atom is 0.356 e. The van der Waals surface area contributed by atoms with Crippen LogP contribution in [0.2, 0.25) is 0 Å². The van der Waals surface area contributed by atoms with Crippen LogP contribution in [0.15, 0.2) is 24.3 Å². The molecule has 2 aromatic rings. The van der Waals surface area contributed by atoms with Gasteiger partial charge in [-0.25, -0.2) is 4.79 Å². The summed E-state index contributed by atoms with van der Waals surface area (Å²) in [6.07, 6.45) is 0. The molecule has 2 rings (SSSR count). The van der Waals surface area contributed by atoms with Gasteiger partial charge in [0.25, 0.3) is 0 Å². The molecule has 0 aliphatic carbocycles. The van der Waals surface area contributed by atoms with Gasteiger partial charge in [0.05, 0.1) is 11.4 Å². The van der Waals surface area contributed by atoms with Crippen molar-refractivity contribution in [3.8, 4) is 17.0 Å². The van der Waals surface area contributed by atoms with Crippen molar-refractivity contribution in [1.29, 1.82) is 0 Å². The van der Waals surface area contributed by atoms with Gasteiger partial charge in [0.1, 0.15) is 5.75 Å². The number of nitrogens with zero attached hydrogens (tertiary/aromatic N) is 2. The molecule has 0 spiro atoms. The Morgan fingerprint density at radius 3 is 2.60 bits per heavy atom. The number of carbonyl (C=O) groups is 2. The molecule has 0 aliphatic rings. The molecule has 0 bridgehead atoms. The van der Waals surface area contributed by atoms with Crippen LogP contribution >= 0.6 is 0 Å². The highest BCUT2D eigenvalue weighted by Crippen LogP contribution is 2.35. The lowest BCUT2D eigenvalue weighted by Gasteiger charge is -2.11. The zero-order chi connectivity index (χ0) is 14.9. The van der Waals surface area contributed by atoms with Crippen molar-refractivity contribution < 1.29 is 19.8 Å². The number of aromatic carboxylic acids is 1. The molecule has 0 saturated carbocycles. The number of anilines is 1. The van der Waals surface area contributed by atoms with Crippen LogP contribution in [0.1, 0.15) is 17.4 Å². The quantitative estimate of drug-likeness (QED) is 0.735. The molecule has 0 unspecified atom stereocenters. The molecule has 1 aromatic carbocycles. The molecule has 7 heteroatoms. The summed E-state index contributed by atoms with van der Waals surface area (Å²) in [4.78, 5) is 22.1. The number of rotatable bonds is 3. The smallest absolute Gasteiger partial charge is 0.356 e. The molecule has 1 amide bonds. The molecular formula is C13H13N3O4. The van der Waals surface area contributed by atoms with E-state index in [-0.39, 0.29) is 23.0 Å². The highest BCUT2D eigenvalue weighted by Gasteiger charge is 2.17. The van der Waals surface area contributed by atoms with Crippen LogP contribution in [0.5, 0.6) is 5.75 Å². The lowest BCUT2D eigenvalue weighted by molar-refractivity contribution is -0.114. The van der Waals surface area contributed by atoms with E-state index in [2.05, 4.69) is 10.4 Å². The second kappa shape index (κ2) is 5.04. The number of hydrogen-bond donors (Lipinski definition) is 3. The van der Waals surface area contributed by atoms with Crippen LogP contribution in [0, 0.1) is 0 Å². The molecule has 1 aromatic heterocycles. The monoisotopic (exact) mass is 275 g/mol. The fourth-order valence-electron chi connectivity index (χ4n) is 1.88. The molecular weight excluding hydrogens is 262 g/mol. The predicted molar refractivity (Wildman–Crippen MR) is 71.6 cm³/mol. The van der Waals surface area contributed by atoms with Gasteiger partial charge >= 0.3 is 5.97 Å². The Bertz CT molecular complexity index is 691. The first-order chi connectivity index (χ1) is 9.40. The molecule has 0 fully saturated rings. The number of carbonyl (C=O) groups excluding carboxylic acids is 1. The van der Waals surface area contributed by atoms with Crippen molar-refractivity contribution in [3.63, 3.8) is 0 Å². The topological polar surface area (TPSA) is 104 Å². The van der Waals surface area contributed by atoms with Gasteiger partial charge in [0.15, 0.2) is 5.69 Å². The van der Waals surface area contributed by atoms with Crippen LogP contribution in [0.3, 0.4) is 0 Å². The summed E-state index contributed by atoms with van der Waals surface area (Å²) in [6.45, 7) is 1.32. The number of aryl methyl sites for hydroxylation is 1. The first-order valence-electron chi connectivity index (χ1n) is 5.77. The number of aromatic hydroxyl groups is 1. The molecule has 0 aliphatic heterocycles. The van der Waals surface area contributed by atoms with Crippen molar-refractivity contribution in [3.05, 3.63) is 30.0 Å². The normalized spacial score (nSPS) is 10.3. The average Bonchev–Trinajstić information content (AvgIpc) is 2.74. The number of amides is 1. The average molecular weight is 275 g/mol. The number of phenols is 1. The highest BCUT2D eigenvalue weighted by molar-refractivity contribution is 5.96. The summed E-state index contributed by atoms with van der Waals surface area (Å²) >= 11 is 0. The van der Waals surface area contributed by atoms with Crippen molar-refractivity contribution in [2.75, 3.05) is 5.32 Å². The first-order valence-corrected chi connectivity index (χ1v) is 5.77. The number of aromatic nitrogens is 2. The van der Waals surface area contributed by atoms with E-state index in [0.29, 0.717) is 11.3 Å². The lowest BCUT2D eigenvalue weighted by Crippen LogP contribution is -2.08. The van der Waals surface area contributed by atoms with Crippen LogP contribution in [-0.2, 0) is 11.8 Å². The second-order valence-corrected chi connectivity index (χ2v) is 4.22. The number of hydrogen-bond acceptors (Lipinski definition) is 4. The standard InChI is InChI=1S/C13H13N3O4/c1-7(17)14-12-8(4-3-5-11(12)18)10-6-9(13(19)20)15-16(10)2/h3-6,18H,1-2H3,(H,14,17)(H,19,20). The van der Waals surface area contributed by atoms with E-state index in [1.807, 2.05) is 0 Å². The van der Waals surface area contributed by atoms with Gasteiger partial charge in [-0.05, 0) is 12.1 Å². The second-order valence-electron chi connectivity index (χ2n) is 4.22. The first kappa shape index (κ1) is 13.6. The maximum atomic E-state index is 11.2. The fourth-order valence-corrected chi connectivity index (χ4v) is 1.88. The minimum atomic E-state index is -1.15. The molecule has 3 N–H and O–H groups in total. The highest BCUT2D eigenvalue weighted by atomic mass is 16.4.